The van der Waals surface area contributed by atoms with Gasteiger partial charge in [-0.3, -0.25) is 10.3 Å². The van der Waals surface area contributed by atoms with Gasteiger partial charge in [0.2, 0.25) is 5.13 Å². The van der Waals surface area contributed by atoms with Gasteiger partial charge in [0.15, 0.2) is 0 Å². The molecule has 0 atom stereocenters. The van der Waals surface area contributed by atoms with Crippen LogP contribution in [0.3, 0.4) is 0 Å². The second kappa shape index (κ2) is 8.01. The topological polar surface area (TPSA) is 79.8 Å². The Morgan fingerprint density at radius 2 is 2.13 bits per heavy atom. The van der Waals surface area contributed by atoms with Gasteiger partial charge in [-0.1, -0.05) is 36.7 Å². The number of nitrogens with one attached hydrogen (secondary N) is 2. The molecule has 0 aliphatic heterocycles. The maximum Gasteiger partial charge on any atom is 0.321 e. The van der Waals surface area contributed by atoms with Crippen molar-refractivity contribution >= 4 is 22.5 Å². The van der Waals surface area contributed by atoms with Crippen LogP contribution >= 0.6 is 11.3 Å². The van der Waals surface area contributed by atoms with Gasteiger partial charge < -0.3 is 5.32 Å². The molecule has 1 aliphatic carbocycles. The van der Waals surface area contributed by atoms with Crippen molar-refractivity contribution in [2.75, 3.05) is 11.9 Å². The Bertz CT molecular complexity index is 624. The normalized spacial score (nSPS) is 15.3. The summed E-state index contributed by atoms with van der Waals surface area (Å²) < 4.78 is 0. The molecule has 2 aromatic rings. The van der Waals surface area contributed by atoms with E-state index in [-0.39, 0.29) is 6.03 Å². The van der Waals surface area contributed by atoms with Crippen LogP contribution in [-0.4, -0.2) is 27.8 Å². The highest BCUT2D eigenvalue weighted by Gasteiger charge is 2.20. The van der Waals surface area contributed by atoms with Crippen LogP contribution < -0.4 is 10.6 Å². The van der Waals surface area contributed by atoms with Crippen LogP contribution in [0.2, 0.25) is 0 Å². The number of pyridine rings is 1. The molecule has 0 radical (unpaired) electrons. The first kappa shape index (κ1) is 15.9. The Kier molecular flexibility index (Phi) is 5.52. The second-order valence-electron chi connectivity index (χ2n) is 5.77. The van der Waals surface area contributed by atoms with Crippen molar-refractivity contribution in [2.24, 2.45) is 0 Å². The number of carbonyl (C=O) groups is 1. The minimum atomic E-state index is -0.236. The zero-order chi connectivity index (χ0) is 15.9. The number of amides is 2. The van der Waals surface area contributed by atoms with E-state index in [2.05, 4.69) is 25.8 Å². The Hall–Kier alpha value is -2.02. The van der Waals surface area contributed by atoms with E-state index < -0.39 is 0 Å². The third-order valence-corrected chi connectivity index (χ3v) is 5.04. The van der Waals surface area contributed by atoms with E-state index in [9.17, 15) is 4.79 Å². The summed E-state index contributed by atoms with van der Waals surface area (Å²) in [6, 6.07) is 3.65. The van der Waals surface area contributed by atoms with E-state index in [0.29, 0.717) is 17.6 Å². The highest BCUT2D eigenvalue weighted by molar-refractivity contribution is 7.15. The van der Waals surface area contributed by atoms with Crippen molar-refractivity contribution < 1.29 is 4.79 Å². The monoisotopic (exact) mass is 331 g/mol. The van der Waals surface area contributed by atoms with Gasteiger partial charge in [0.05, 0.1) is 0 Å². The van der Waals surface area contributed by atoms with Crippen molar-refractivity contribution in [3.05, 3.63) is 35.1 Å². The molecule has 2 heterocycles. The van der Waals surface area contributed by atoms with E-state index in [0.717, 1.165) is 17.0 Å². The van der Waals surface area contributed by atoms with Gasteiger partial charge in [-0.2, -0.15) is 0 Å². The average molecular weight is 331 g/mol. The van der Waals surface area contributed by atoms with E-state index in [1.807, 2.05) is 12.1 Å². The van der Waals surface area contributed by atoms with Crippen LogP contribution in [0, 0.1) is 0 Å². The summed E-state index contributed by atoms with van der Waals surface area (Å²) in [6.07, 6.45) is 10.5. The molecule has 1 aliphatic rings. The standard InChI is InChI=1S/C16H21N5OS/c22-15(18-10-8-12-5-4-9-17-11-12)19-16-21-20-14(23-16)13-6-2-1-3-7-13/h4-5,9,11,13H,1-3,6-8,10H2,(H2,18,19,21,22). The molecule has 6 nitrogen and oxygen atoms in total. The summed E-state index contributed by atoms with van der Waals surface area (Å²) in [4.78, 5) is 15.9. The lowest BCUT2D eigenvalue weighted by molar-refractivity contribution is 0.252. The minimum absolute atomic E-state index is 0.236. The molecule has 2 amide bonds. The summed E-state index contributed by atoms with van der Waals surface area (Å²) in [7, 11) is 0. The number of aromatic nitrogens is 3. The molecular formula is C16H21N5OS. The molecule has 1 fully saturated rings. The Balaban J connectivity index is 1.43. The van der Waals surface area contributed by atoms with Crippen LogP contribution in [0.1, 0.15) is 48.6 Å². The lowest BCUT2D eigenvalue weighted by Gasteiger charge is -2.18. The lowest BCUT2D eigenvalue weighted by atomic mass is 9.90. The molecule has 0 spiro atoms. The molecule has 0 aromatic carbocycles. The minimum Gasteiger partial charge on any atom is -0.337 e. The fourth-order valence-corrected chi connectivity index (χ4v) is 3.71. The van der Waals surface area contributed by atoms with Crippen LogP contribution in [0.25, 0.3) is 0 Å². The molecule has 23 heavy (non-hydrogen) atoms. The third kappa shape index (κ3) is 4.72. The molecule has 7 heteroatoms. The highest BCUT2D eigenvalue weighted by atomic mass is 32.1. The first-order valence-corrected chi connectivity index (χ1v) is 8.90. The van der Waals surface area contributed by atoms with Gasteiger partial charge in [0.1, 0.15) is 5.01 Å². The predicted octanol–water partition coefficient (Wildman–Crippen LogP) is 3.35. The van der Waals surface area contributed by atoms with Crippen molar-refractivity contribution in [2.45, 2.75) is 44.4 Å². The van der Waals surface area contributed by atoms with E-state index >= 15 is 0 Å². The molecular weight excluding hydrogens is 310 g/mol. The summed E-state index contributed by atoms with van der Waals surface area (Å²) in [5.74, 6) is 0.519. The van der Waals surface area contributed by atoms with Gasteiger partial charge in [0.25, 0.3) is 0 Å². The number of carbonyl (C=O) groups excluding carboxylic acids is 1. The predicted molar refractivity (Wildman–Crippen MR) is 90.7 cm³/mol. The summed E-state index contributed by atoms with van der Waals surface area (Å²) in [5.41, 5.74) is 1.10. The summed E-state index contributed by atoms with van der Waals surface area (Å²) in [6.45, 7) is 0.561. The first-order valence-electron chi connectivity index (χ1n) is 8.08. The number of hydrogen-bond acceptors (Lipinski definition) is 5. The number of urea groups is 1. The maximum atomic E-state index is 11.9. The Morgan fingerprint density at radius 3 is 2.91 bits per heavy atom. The van der Waals surface area contributed by atoms with Crippen LogP contribution in [0.15, 0.2) is 24.5 Å². The highest BCUT2D eigenvalue weighted by Crippen LogP contribution is 2.35. The molecule has 122 valence electrons. The molecule has 2 aromatic heterocycles. The Morgan fingerprint density at radius 1 is 1.26 bits per heavy atom. The third-order valence-electron chi connectivity index (χ3n) is 4.04. The average Bonchev–Trinajstić information content (AvgIpc) is 3.05. The smallest absolute Gasteiger partial charge is 0.321 e. The maximum absolute atomic E-state index is 11.9. The largest absolute Gasteiger partial charge is 0.337 e. The molecule has 2 N–H and O–H groups in total. The molecule has 0 saturated heterocycles. The number of hydrogen-bond donors (Lipinski definition) is 2. The molecule has 0 bridgehead atoms. The van der Waals surface area contributed by atoms with Crippen LogP contribution in [0.5, 0.6) is 0 Å². The van der Waals surface area contributed by atoms with E-state index in [4.69, 9.17) is 0 Å². The van der Waals surface area contributed by atoms with Crippen molar-refractivity contribution in [3.8, 4) is 0 Å². The zero-order valence-corrected chi connectivity index (χ0v) is 13.8. The number of nitrogens with zero attached hydrogens (tertiary/aromatic N) is 3. The zero-order valence-electron chi connectivity index (χ0n) is 13.0. The van der Waals surface area contributed by atoms with Crippen molar-refractivity contribution in [1.82, 2.24) is 20.5 Å². The van der Waals surface area contributed by atoms with Crippen LogP contribution in [-0.2, 0) is 6.42 Å². The van der Waals surface area contributed by atoms with Gasteiger partial charge in [-0.25, -0.2) is 4.79 Å². The molecule has 3 rings (SSSR count). The lowest BCUT2D eigenvalue weighted by Crippen LogP contribution is -2.30. The van der Waals surface area contributed by atoms with Gasteiger partial charge in [-0.05, 0) is 30.9 Å². The van der Waals surface area contributed by atoms with E-state index in [1.54, 1.807) is 12.4 Å². The van der Waals surface area contributed by atoms with Crippen molar-refractivity contribution in [1.29, 1.82) is 0 Å². The SMILES string of the molecule is O=C(NCCc1cccnc1)Nc1nnc(C2CCCCC2)s1. The Labute approximate surface area is 139 Å². The number of rotatable bonds is 5. The number of anilines is 1. The van der Waals surface area contributed by atoms with Gasteiger partial charge >= 0.3 is 6.03 Å². The summed E-state index contributed by atoms with van der Waals surface area (Å²) >= 11 is 1.49. The second-order valence-corrected chi connectivity index (χ2v) is 6.78. The van der Waals surface area contributed by atoms with E-state index in [1.165, 1.54) is 43.4 Å². The first-order chi connectivity index (χ1) is 11.3. The van der Waals surface area contributed by atoms with Crippen LogP contribution in [0.4, 0.5) is 9.93 Å². The van der Waals surface area contributed by atoms with Gasteiger partial charge in [-0.15, -0.1) is 10.2 Å². The summed E-state index contributed by atoms with van der Waals surface area (Å²) in [5, 5.41) is 15.5. The fourth-order valence-electron chi connectivity index (χ4n) is 2.81. The van der Waals surface area contributed by atoms with Crippen molar-refractivity contribution in [3.63, 3.8) is 0 Å². The molecule has 0 unspecified atom stereocenters. The quantitative estimate of drug-likeness (QED) is 0.880. The fraction of sp³-hybridized carbons (Fsp3) is 0.500. The van der Waals surface area contributed by atoms with Gasteiger partial charge in [0, 0.05) is 24.9 Å². The molecule has 1 saturated carbocycles.